The van der Waals surface area contributed by atoms with Crippen LogP contribution in [0.3, 0.4) is 0 Å². The van der Waals surface area contributed by atoms with Crippen molar-refractivity contribution in [3.8, 4) is 12.1 Å². The largest absolute Gasteiger partial charge is 0.264 e. The molecule has 2 aromatic carbocycles. The Bertz CT molecular complexity index is 819. The first-order chi connectivity index (χ1) is 12.6. The molecule has 128 valence electrons. The normalized spacial score (nSPS) is 12.7. The van der Waals surface area contributed by atoms with E-state index >= 15 is 0 Å². The van der Waals surface area contributed by atoms with E-state index in [9.17, 15) is 20.6 Å². The van der Waals surface area contributed by atoms with Crippen molar-refractivity contribution in [2.24, 2.45) is 0 Å². The van der Waals surface area contributed by atoms with Gasteiger partial charge < -0.3 is 0 Å². The molecule has 0 aliphatic rings. The third-order valence-electron chi connectivity index (χ3n) is 3.78. The van der Waals surface area contributed by atoms with Crippen LogP contribution in [0.2, 0.25) is 0 Å². The maximum absolute atomic E-state index is 11.4. The summed E-state index contributed by atoms with van der Waals surface area (Å²) in [6.07, 6.45) is 3.24. The highest BCUT2D eigenvalue weighted by Crippen LogP contribution is 2.19. The zero-order chi connectivity index (χ0) is 18.8. The van der Waals surface area contributed by atoms with E-state index in [-0.39, 0.29) is 12.8 Å². The number of nitro groups is 1. The predicted molar refractivity (Wildman–Crippen MR) is 100 cm³/mol. The molecule has 2 aromatic rings. The molecule has 0 saturated carbocycles. The smallest absolute Gasteiger partial charge is 0.222 e. The Morgan fingerprint density at radius 1 is 0.885 bits per heavy atom. The number of hydrogen-bond acceptors (Lipinski definition) is 4. The third kappa shape index (κ3) is 5.74. The van der Waals surface area contributed by atoms with Gasteiger partial charge in [-0.3, -0.25) is 10.1 Å². The van der Waals surface area contributed by atoms with Crippen LogP contribution < -0.4 is 0 Å². The minimum atomic E-state index is -1.03. The second kappa shape index (κ2) is 9.56. The summed E-state index contributed by atoms with van der Waals surface area (Å²) < 4.78 is 0. The van der Waals surface area contributed by atoms with Crippen molar-refractivity contribution >= 4 is 12.2 Å². The first-order valence-electron chi connectivity index (χ1n) is 8.07. The molecule has 0 radical (unpaired) electrons. The van der Waals surface area contributed by atoms with Gasteiger partial charge in [0.1, 0.15) is 0 Å². The summed E-state index contributed by atoms with van der Waals surface area (Å²) in [4.78, 5) is 11.0. The standard InChI is InChI=1S/C21H17N3O2/c22-15-19(11-17-7-3-1-4-8-17)13-21(24(25)26)14-20(16-23)12-18-9-5-2-6-10-18/h1-12,21H,13-14H2/b19-11-,20-12-. The molecule has 0 N–H and O–H groups in total. The maximum Gasteiger partial charge on any atom is 0.222 e. The molecule has 0 bridgehead atoms. The fourth-order valence-electron chi connectivity index (χ4n) is 2.50. The molecular formula is C21H17N3O2. The van der Waals surface area contributed by atoms with Crippen LogP contribution in [0.15, 0.2) is 71.8 Å². The van der Waals surface area contributed by atoms with Crippen LogP contribution >= 0.6 is 0 Å². The van der Waals surface area contributed by atoms with E-state index in [2.05, 4.69) is 0 Å². The lowest BCUT2D eigenvalue weighted by Gasteiger charge is -2.08. The monoisotopic (exact) mass is 343 g/mol. The van der Waals surface area contributed by atoms with E-state index in [0.29, 0.717) is 11.1 Å². The second-order valence-electron chi connectivity index (χ2n) is 5.73. The maximum atomic E-state index is 11.4. The number of hydrogen-bond donors (Lipinski definition) is 0. The van der Waals surface area contributed by atoms with Gasteiger partial charge >= 0.3 is 0 Å². The van der Waals surface area contributed by atoms with Gasteiger partial charge in [-0.05, 0) is 23.3 Å². The highest BCUT2D eigenvalue weighted by molar-refractivity contribution is 5.58. The molecule has 0 fully saturated rings. The number of nitriles is 2. The fraction of sp³-hybridized carbons (Fsp3) is 0.143. The van der Waals surface area contributed by atoms with E-state index in [0.717, 1.165) is 11.1 Å². The van der Waals surface area contributed by atoms with Crippen LogP contribution in [0.5, 0.6) is 0 Å². The van der Waals surface area contributed by atoms with E-state index in [4.69, 9.17) is 0 Å². The predicted octanol–water partition coefficient (Wildman–Crippen LogP) is 4.63. The molecule has 0 spiro atoms. The lowest BCUT2D eigenvalue weighted by molar-refractivity contribution is -0.521. The van der Waals surface area contributed by atoms with Crippen molar-refractivity contribution < 1.29 is 4.92 Å². The third-order valence-corrected chi connectivity index (χ3v) is 3.78. The topological polar surface area (TPSA) is 90.7 Å². The van der Waals surface area contributed by atoms with Gasteiger partial charge in [-0.1, -0.05) is 60.7 Å². The Morgan fingerprint density at radius 3 is 1.58 bits per heavy atom. The van der Waals surface area contributed by atoms with Crippen molar-refractivity contribution in [3.63, 3.8) is 0 Å². The van der Waals surface area contributed by atoms with Crippen LogP contribution in [-0.4, -0.2) is 11.0 Å². The minimum absolute atomic E-state index is 0.0216. The summed E-state index contributed by atoms with van der Waals surface area (Å²) >= 11 is 0. The van der Waals surface area contributed by atoms with E-state index in [1.807, 2.05) is 72.8 Å². The quantitative estimate of drug-likeness (QED) is 0.416. The van der Waals surface area contributed by atoms with Crippen molar-refractivity contribution in [2.75, 3.05) is 0 Å². The molecule has 0 atom stereocenters. The molecule has 0 heterocycles. The summed E-state index contributed by atoms with van der Waals surface area (Å²) in [6, 6.07) is 21.4. The zero-order valence-corrected chi connectivity index (χ0v) is 14.1. The highest BCUT2D eigenvalue weighted by atomic mass is 16.6. The molecule has 0 aliphatic carbocycles. The van der Waals surface area contributed by atoms with Gasteiger partial charge in [-0.2, -0.15) is 10.5 Å². The minimum Gasteiger partial charge on any atom is -0.264 e. The molecular weight excluding hydrogens is 326 g/mol. The van der Waals surface area contributed by atoms with Gasteiger partial charge in [0.25, 0.3) is 0 Å². The van der Waals surface area contributed by atoms with Gasteiger partial charge in [0.15, 0.2) is 0 Å². The second-order valence-corrected chi connectivity index (χ2v) is 5.73. The Balaban J connectivity index is 2.19. The molecule has 0 amide bonds. The summed E-state index contributed by atoms with van der Waals surface area (Å²) in [5, 5.41) is 30.1. The van der Waals surface area contributed by atoms with E-state index < -0.39 is 11.0 Å². The molecule has 0 unspecified atom stereocenters. The zero-order valence-electron chi connectivity index (χ0n) is 14.1. The molecule has 0 aromatic heterocycles. The Labute approximate surface area is 152 Å². The Morgan fingerprint density at radius 2 is 1.27 bits per heavy atom. The molecule has 0 saturated heterocycles. The summed E-state index contributed by atoms with van der Waals surface area (Å²) in [6.45, 7) is 0. The average molecular weight is 343 g/mol. The highest BCUT2D eigenvalue weighted by Gasteiger charge is 2.23. The molecule has 2 rings (SSSR count). The SMILES string of the molecule is N#C/C(=C\c1ccccc1)CC(C/C(C#N)=C/c1ccccc1)[N+](=O)[O-]. The number of benzene rings is 2. The van der Waals surface area contributed by atoms with Crippen molar-refractivity contribution in [1.82, 2.24) is 0 Å². The van der Waals surface area contributed by atoms with Crippen molar-refractivity contribution in [1.29, 1.82) is 10.5 Å². The Hall–Kier alpha value is -3.70. The van der Waals surface area contributed by atoms with Crippen LogP contribution in [0.25, 0.3) is 12.2 Å². The fourth-order valence-corrected chi connectivity index (χ4v) is 2.50. The van der Waals surface area contributed by atoms with Crippen LogP contribution in [0, 0.1) is 32.8 Å². The molecule has 5 nitrogen and oxygen atoms in total. The lowest BCUT2D eigenvalue weighted by atomic mass is 9.98. The van der Waals surface area contributed by atoms with Crippen LogP contribution in [0.1, 0.15) is 24.0 Å². The van der Waals surface area contributed by atoms with Gasteiger partial charge in [-0.25, -0.2) is 0 Å². The first kappa shape index (κ1) is 18.6. The number of nitrogens with zero attached hydrogens (tertiary/aromatic N) is 3. The molecule has 0 aliphatic heterocycles. The summed E-state index contributed by atoms with van der Waals surface area (Å²) in [7, 11) is 0. The average Bonchev–Trinajstić information content (AvgIpc) is 2.67. The summed E-state index contributed by atoms with van der Waals surface area (Å²) in [5.74, 6) is 0. The first-order valence-corrected chi connectivity index (χ1v) is 8.07. The lowest BCUT2D eigenvalue weighted by Crippen LogP contribution is -2.20. The number of rotatable bonds is 7. The van der Waals surface area contributed by atoms with E-state index in [1.54, 1.807) is 12.2 Å². The van der Waals surface area contributed by atoms with E-state index in [1.165, 1.54) is 0 Å². The van der Waals surface area contributed by atoms with Crippen LogP contribution in [-0.2, 0) is 0 Å². The molecule has 26 heavy (non-hydrogen) atoms. The van der Waals surface area contributed by atoms with Crippen molar-refractivity contribution in [3.05, 3.63) is 93.1 Å². The van der Waals surface area contributed by atoms with Gasteiger partial charge in [0.2, 0.25) is 6.04 Å². The Kier molecular flexibility index (Phi) is 6.85. The van der Waals surface area contributed by atoms with Gasteiger partial charge in [0, 0.05) is 16.1 Å². The van der Waals surface area contributed by atoms with Crippen molar-refractivity contribution in [2.45, 2.75) is 18.9 Å². The van der Waals surface area contributed by atoms with Crippen LogP contribution in [0.4, 0.5) is 0 Å². The van der Waals surface area contributed by atoms with Gasteiger partial charge in [-0.15, -0.1) is 0 Å². The van der Waals surface area contributed by atoms with Gasteiger partial charge in [0.05, 0.1) is 25.0 Å². The summed E-state index contributed by atoms with van der Waals surface area (Å²) in [5.41, 5.74) is 2.25. The molecule has 5 heteroatoms.